The summed E-state index contributed by atoms with van der Waals surface area (Å²) in [5.41, 5.74) is 5.98. The van der Waals surface area contributed by atoms with Crippen LogP contribution in [0.4, 0.5) is 0 Å². The second-order valence-electron chi connectivity index (χ2n) is 6.45. The zero-order chi connectivity index (χ0) is 13.8. The summed E-state index contributed by atoms with van der Waals surface area (Å²) in [5.74, 6) is 0.861. The highest BCUT2D eigenvalue weighted by molar-refractivity contribution is 5.37. The molecule has 0 saturated heterocycles. The molecule has 2 atom stereocenters. The molecule has 1 nitrogen and oxygen atoms in total. The van der Waals surface area contributed by atoms with Gasteiger partial charge in [0.15, 0.2) is 0 Å². The maximum Gasteiger partial charge on any atom is 0.00668 e. The predicted octanol–water partition coefficient (Wildman–Crippen LogP) is 4.32. The summed E-state index contributed by atoms with van der Waals surface area (Å²) >= 11 is 0. The first-order valence-electron chi connectivity index (χ1n) is 7.84. The molecule has 0 amide bonds. The van der Waals surface area contributed by atoms with Crippen molar-refractivity contribution in [3.05, 3.63) is 34.4 Å². The van der Waals surface area contributed by atoms with Crippen molar-refractivity contribution in [2.45, 2.75) is 65.3 Å². The first-order chi connectivity index (χ1) is 9.10. The molecule has 106 valence electrons. The van der Waals surface area contributed by atoms with E-state index in [1.165, 1.54) is 55.2 Å². The lowest BCUT2D eigenvalue weighted by atomic mass is 9.87. The van der Waals surface area contributed by atoms with Gasteiger partial charge in [0, 0.05) is 6.04 Å². The molecule has 1 heteroatoms. The number of nitrogens with one attached hydrogen (secondary N) is 1. The molecule has 1 saturated carbocycles. The lowest BCUT2D eigenvalue weighted by molar-refractivity contribution is 0.399. The third-order valence-electron chi connectivity index (χ3n) is 4.77. The van der Waals surface area contributed by atoms with Crippen LogP contribution in [0.5, 0.6) is 0 Å². The summed E-state index contributed by atoms with van der Waals surface area (Å²) in [6.45, 7) is 6.76. The van der Waals surface area contributed by atoms with Gasteiger partial charge in [-0.15, -0.1) is 0 Å². The van der Waals surface area contributed by atoms with Crippen molar-refractivity contribution < 1.29 is 0 Å². The van der Waals surface area contributed by atoms with Crippen molar-refractivity contribution in [1.82, 2.24) is 5.32 Å². The Morgan fingerprint density at radius 2 is 1.68 bits per heavy atom. The third kappa shape index (κ3) is 3.82. The van der Waals surface area contributed by atoms with Crippen LogP contribution in [0.1, 0.15) is 54.4 Å². The van der Waals surface area contributed by atoms with Crippen LogP contribution in [-0.2, 0) is 6.42 Å². The predicted molar refractivity (Wildman–Crippen MR) is 83.8 cm³/mol. The largest absolute Gasteiger partial charge is 0.317 e. The average molecular weight is 259 g/mol. The molecule has 1 aromatic rings. The summed E-state index contributed by atoms with van der Waals surface area (Å²) in [4.78, 5) is 0. The van der Waals surface area contributed by atoms with Crippen molar-refractivity contribution in [3.8, 4) is 0 Å². The van der Waals surface area contributed by atoms with Gasteiger partial charge in [-0.1, -0.05) is 37.0 Å². The Labute approximate surface area is 118 Å². The van der Waals surface area contributed by atoms with Gasteiger partial charge in [0.2, 0.25) is 0 Å². The van der Waals surface area contributed by atoms with Gasteiger partial charge < -0.3 is 5.32 Å². The number of aryl methyl sites for hydroxylation is 3. The van der Waals surface area contributed by atoms with Gasteiger partial charge in [0.05, 0.1) is 0 Å². The Bertz CT molecular complexity index is 399. The van der Waals surface area contributed by atoms with Crippen molar-refractivity contribution in [2.24, 2.45) is 5.92 Å². The highest BCUT2D eigenvalue weighted by atomic mass is 14.9. The van der Waals surface area contributed by atoms with E-state index in [1.807, 2.05) is 0 Å². The molecule has 1 aromatic carbocycles. The SMILES string of the molecule is CNC1CCCCC(Cc2c(C)cc(C)cc2C)C1. The second-order valence-corrected chi connectivity index (χ2v) is 6.45. The summed E-state index contributed by atoms with van der Waals surface area (Å²) in [6.07, 6.45) is 8.20. The highest BCUT2D eigenvalue weighted by Gasteiger charge is 2.20. The van der Waals surface area contributed by atoms with E-state index >= 15 is 0 Å². The topological polar surface area (TPSA) is 12.0 Å². The number of hydrogen-bond donors (Lipinski definition) is 1. The molecule has 2 unspecified atom stereocenters. The standard InChI is InChI=1S/C18H29N/c1-13-9-14(2)18(15(3)10-13)12-16-7-5-6-8-17(11-16)19-4/h9-10,16-17,19H,5-8,11-12H2,1-4H3. The lowest BCUT2D eigenvalue weighted by Gasteiger charge is -2.22. The minimum atomic E-state index is 0.735. The first-order valence-corrected chi connectivity index (χ1v) is 7.84. The molecule has 1 aliphatic rings. The third-order valence-corrected chi connectivity index (χ3v) is 4.77. The molecule has 19 heavy (non-hydrogen) atoms. The van der Waals surface area contributed by atoms with E-state index in [2.05, 4.69) is 45.3 Å². The van der Waals surface area contributed by atoms with Crippen molar-refractivity contribution >= 4 is 0 Å². The molecule has 2 rings (SSSR count). The molecular formula is C18H29N. The summed E-state index contributed by atoms with van der Waals surface area (Å²) in [7, 11) is 2.12. The van der Waals surface area contributed by atoms with Gasteiger partial charge in [-0.05, 0) is 69.7 Å². The molecule has 1 aliphatic carbocycles. The van der Waals surface area contributed by atoms with Gasteiger partial charge in [0.1, 0.15) is 0 Å². The Morgan fingerprint density at radius 3 is 2.32 bits per heavy atom. The minimum absolute atomic E-state index is 0.735. The average Bonchev–Trinajstić information content (AvgIpc) is 2.58. The molecule has 0 bridgehead atoms. The summed E-state index contributed by atoms with van der Waals surface area (Å²) in [6, 6.07) is 5.42. The molecule has 1 fully saturated rings. The van der Waals surface area contributed by atoms with Crippen LogP contribution in [0.25, 0.3) is 0 Å². The molecule has 1 N–H and O–H groups in total. The normalized spacial score (nSPS) is 24.2. The molecule has 0 radical (unpaired) electrons. The van der Waals surface area contributed by atoms with Gasteiger partial charge in [-0.25, -0.2) is 0 Å². The van der Waals surface area contributed by atoms with Crippen molar-refractivity contribution in [1.29, 1.82) is 0 Å². The van der Waals surface area contributed by atoms with E-state index in [0.717, 1.165) is 12.0 Å². The Kier molecular flexibility index (Phi) is 5.04. The van der Waals surface area contributed by atoms with Crippen molar-refractivity contribution in [3.63, 3.8) is 0 Å². The van der Waals surface area contributed by atoms with Gasteiger partial charge in [-0.2, -0.15) is 0 Å². The van der Waals surface area contributed by atoms with Crippen molar-refractivity contribution in [2.75, 3.05) is 7.05 Å². The van der Waals surface area contributed by atoms with Crippen LogP contribution in [0.15, 0.2) is 12.1 Å². The molecule has 0 aliphatic heterocycles. The quantitative estimate of drug-likeness (QED) is 0.797. The summed E-state index contributed by atoms with van der Waals surface area (Å²) in [5, 5.41) is 3.50. The molecule has 0 spiro atoms. The maximum atomic E-state index is 3.50. The van der Waals surface area contributed by atoms with E-state index in [1.54, 1.807) is 5.56 Å². The first kappa shape index (κ1) is 14.6. The summed E-state index contributed by atoms with van der Waals surface area (Å²) < 4.78 is 0. The van der Waals surface area contributed by atoms with E-state index in [-0.39, 0.29) is 0 Å². The van der Waals surface area contributed by atoms with Crippen LogP contribution in [-0.4, -0.2) is 13.1 Å². The number of rotatable bonds is 3. The smallest absolute Gasteiger partial charge is 0.00668 e. The van der Waals surface area contributed by atoms with Crippen LogP contribution >= 0.6 is 0 Å². The minimum Gasteiger partial charge on any atom is -0.317 e. The molecule has 0 heterocycles. The van der Waals surface area contributed by atoms with E-state index in [0.29, 0.717) is 0 Å². The van der Waals surface area contributed by atoms with E-state index in [4.69, 9.17) is 0 Å². The monoisotopic (exact) mass is 259 g/mol. The zero-order valence-electron chi connectivity index (χ0n) is 13.1. The molecular weight excluding hydrogens is 230 g/mol. The van der Waals surface area contributed by atoms with Crippen LogP contribution in [0.2, 0.25) is 0 Å². The Morgan fingerprint density at radius 1 is 1.05 bits per heavy atom. The zero-order valence-corrected chi connectivity index (χ0v) is 13.1. The fraction of sp³-hybridized carbons (Fsp3) is 0.667. The van der Waals surface area contributed by atoms with E-state index < -0.39 is 0 Å². The Hall–Kier alpha value is -0.820. The Balaban J connectivity index is 2.11. The van der Waals surface area contributed by atoms with Crippen LogP contribution in [0.3, 0.4) is 0 Å². The van der Waals surface area contributed by atoms with Gasteiger partial charge in [-0.3, -0.25) is 0 Å². The molecule has 0 aromatic heterocycles. The van der Waals surface area contributed by atoms with E-state index in [9.17, 15) is 0 Å². The fourth-order valence-corrected chi connectivity index (χ4v) is 3.73. The highest BCUT2D eigenvalue weighted by Crippen LogP contribution is 2.29. The maximum absolute atomic E-state index is 3.50. The van der Waals surface area contributed by atoms with Gasteiger partial charge >= 0.3 is 0 Å². The second kappa shape index (κ2) is 6.56. The van der Waals surface area contributed by atoms with Crippen LogP contribution in [0, 0.1) is 26.7 Å². The fourth-order valence-electron chi connectivity index (χ4n) is 3.73. The lowest BCUT2D eigenvalue weighted by Crippen LogP contribution is -2.27. The number of hydrogen-bond acceptors (Lipinski definition) is 1. The van der Waals surface area contributed by atoms with Crippen LogP contribution < -0.4 is 5.32 Å². The van der Waals surface area contributed by atoms with Gasteiger partial charge in [0.25, 0.3) is 0 Å². The number of benzene rings is 1.